The van der Waals surface area contributed by atoms with Crippen LogP contribution >= 0.6 is 11.6 Å². The Kier molecular flexibility index (Phi) is 7.19. The molecule has 0 amide bonds. The average molecular weight is 531 g/mol. The maximum atomic E-state index is 13.8. The predicted molar refractivity (Wildman–Crippen MR) is 148 cm³/mol. The van der Waals surface area contributed by atoms with E-state index in [1.165, 1.54) is 0 Å². The summed E-state index contributed by atoms with van der Waals surface area (Å²) in [4.78, 5) is 19.0. The zero-order valence-electron chi connectivity index (χ0n) is 22.0. The molecule has 38 heavy (non-hydrogen) atoms. The number of furan rings is 1. The lowest BCUT2D eigenvalue weighted by Crippen LogP contribution is -2.38. The van der Waals surface area contributed by atoms with E-state index < -0.39 is 6.04 Å². The summed E-state index contributed by atoms with van der Waals surface area (Å²) in [5.41, 5.74) is 2.88. The van der Waals surface area contributed by atoms with Crippen LogP contribution in [0.5, 0.6) is 0 Å². The molecule has 8 nitrogen and oxygen atoms in total. The van der Waals surface area contributed by atoms with E-state index >= 15 is 0 Å². The van der Waals surface area contributed by atoms with Gasteiger partial charge in [0.05, 0.1) is 23.9 Å². The fourth-order valence-corrected chi connectivity index (χ4v) is 4.84. The maximum Gasteiger partial charge on any atom is 0.253 e. The van der Waals surface area contributed by atoms with E-state index in [1.807, 2.05) is 72.3 Å². The molecule has 0 saturated heterocycles. The molecule has 0 saturated carbocycles. The summed E-state index contributed by atoms with van der Waals surface area (Å²) in [6.45, 7) is 9.21. The maximum absolute atomic E-state index is 13.8. The van der Waals surface area contributed by atoms with Gasteiger partial charge >= 0.3 is 0 Å². The lowest BCUT2D eigenvalue weighted by Gasteiger charge is -2.33. The van der Waals surface area contributed by atoms with E-state index in [0.717, 1.165) is 34.2 Å². The van der Waals surface area contributed by atoms with Gasteiger partial charge in [-0.3, -0.25) is 9.69 Å². The van der Waals surface area contributed by atoms with Gasteiger partial charge in [-0.15, -0.1) is 5.10 Å². The molecule has 5 aromatic rings. The number of pyridine rings is 1. The number of hydrogen-bond acceptors (Lipinski definition) is 6. The minimum atomic E-state index is -0.565. The van der Waals surface area contributed by atoms with Crippen molar-refractivity contribution in [3.8, 4) is 0 Å². The van der Waals surface area contributed by atoms with Crippen LogP contribution in [-0.4, -0.2) is 30.1 Å². The summed E-state index contributed by atoms with van der Waals surface area (Å²) in [5.74, 6) is 1.36. The first-order valence-electron chi connectivity index (χ1n) is 12.7. The van der Waals surface area contributed by atoms with Crippen molar-refractivity contribution >= 4 is 22.5 Å². The molecule has 0 spiro atoms. The Bertz CT molecular complexity index is 1590. The van der Waals surface area contributed by atoms with Crippen molar-refractivity contribution in [1.82, 2.24) is 30.1 Å². The smallest absolute Gasteiger partial charge is 0.253 e. The molecule has 0 aliphatic carbocycles. The molecule has 0 fully saturated rings. The Morgan fingerprint density at radius 1 is 1.11 bits per heavy atom. The number of fused-ring (bicyclic) bond motifs is 1. The van der Waals surface area contributed by atoms with E-state index in [0.29, 0.717) is 29.5 Å². The standard InChI is InChI=1S/C29H31ClN6O2/c1-5-29(3,4)36-27(32-33-34-36)26(24-16-21-9-6-8-19(2)25(21)31-28(24)37)35(18-23-10-7-15-38-23)17-20-11-13-22(30)14-12-20/h6-16,26H,5,17-18H2,1-4H3,(H,31,37). The van der Waals surface area contributed by atoms with Crippen molar-refractivity contribution < 1.29 is 4.42 Å². The van der Waals surface area contributed by atoms with E-state index in [4.69, 9.17) is 16.0 Å². The van der Waals surface area contributed by atoms with Gasteiger partial charge in [-0.05, 0) is 84.5 Å². The number of aromatic amines is 1. The van der Waals surface area contributed by atoms with Crippen LogP contribution in [0, 0.1) is 6.92 Å². The van der Waals surface area contributed by atoms with Crippen LogP contribution < -0.4 is 5.56 Å². The fraction of sp³-hybridized carbons (Fsp3) is 0.310. The van der Waals surface area contributed by atoms with Gasteiger partial charge in [-0.25, -0.2) is 4.68 Å². The molecule has 1 atom stereocenters. The van der Waals surface area contributed by atoms with Gasteiger partial charge in [0.1, 0.15) is 11.8 Å². The first-order chi connectivity index (χ1) is 18.3. The van der Waals surface area contributed by atoms with E-state index in [-0.39, 0.29) is 11.1 Å². The van der Waals surface area contributed by atoms with Gasteiger partial charge < -0.3 is 9.40 Å². The van der Waals surface area contributed by atoms with Crippen LogP contribution in [0.25, 0.3) is 10.9 Å². The van der Waals surface area contributed by atoms with Crippen molar-refractivity contribution in [1.29, 1.82) is 0 Å². The van der Waals surface area contributed by atoms with E-state index in [9.17, 15) is 4.79 Å². The Hall–Kier alpha value is -3.75. The summed E-state index contributed by atoms with van der Waals surface area (Å²) in [7, 11) is 0. The van der Waals surface area contributed by atoms with Gasteiger partial charge in [-0.2, -0.15) is 0 Å². The van der Waals surface area contributed by atoms with Gasteiger partial charge in [-0.1, -0.05) is 48.9 Å². The number of aryl methyl sites for hydroxylation is 1. The van der Waals surface area contributed by atoms with Crippen LogP contribution in [-0.2, 0) is 18.6 Å². The lowest BCUT2D eigenvalue weighted by atomic mass is 9.98. The molecule has 1 N–H and O–H groups in total. The predicted octanol–water partition coefficient (Wildman–Crippen LogP) is 6.01. The number of nitrogens with zero attached hydrogens (tertiary/aromatic N) is 5. The normalized spacial score (nSPS) is 12.9. The topological polar surface area (TPSA) is 92.8 Å². The third kappa shape index (κ3) is 5.14. The summed E-state index contributed by atoms with van der Waals surface area (Å²) >= 11 is 6.18. The number of halogens is 1. The third-order valence-corrected chi connectivity index (χ3v) is 7.44. The highest BCUT2D eigenvalue weighted by Crippen LogP contribution is 2.33. The van der Waals surface area contributed by atoms with Crippen molar-refractivity contribution in [2.45, 2.75) is 58.8 Å². The lowest BCUT2D eigenvalue weighted by molar-refractivity contribution is 0.168. The summed E-state index contributed by atoms with van der Waals surface area (Å²) in [5, 5.41) is 14.6. The van der Waals surface area contributed by atoms with Gasteiger partial charge in [0.2, 0.25) is 0 Å². The number of H-pyrrole nitrogens is 1. The highest BCUT2D eigenvalue weighted by molar-refractivity contribution is 6.30. The third-order valence-electron chi connectivity index (χ3n) is 7.19. The highest BCUT2D eigenvalue weighted by Gasteiger charge is 2.35. The zero-order chi connectivity index (χ0) is 26.9. The van der Waals surface area contributed by atoms with Crippen molar-refractivity contribution in [2.75, 3.05) is 0 Å². The van der Waals surface area contributed by atoms with Gasteiger partial charge in [0.15, 0.2) is 5.82 Å². The molecular weight excluding hydrogens is 500 g/mol. The Labute approximate surface area is 226 Å². The molecule has 3 heterocycles. The Balaban J connectivity index is 1.73. The number of rotatable bonds is 9. The quantitative estimate of drug-likeness (QED) is 0.251. The molecule has 0 aliphatic rings. The molecule has 3 aromatic heterocycles. The molecule has 196 valence electrons. The second-order valence-electron chi connectivity index (χ2n) is 10.2. The minimum Gasteiger partial charge on any atom is -0.468 e. The molecular formula is C29H31ClN6O2. The van der Waals surface area contributed by atoms with Gasteiger partial charge in [0.25, 0.3) is 5.56 Å². The number of tetrazole rings is 1. The summed E-state index contributed by atoms with van der Waals surface area (Å²) in [6, 6.07) is 18.9. The molecule has 1 unspecified atom stereocenters. The first-order valence-corrected chi connectivity index (χ1v) is 13.1. The average Bonchev–Trinajstić information content (AvgIpc) is 3.59. The number of nitrogens with one attached hydrogen (secondary N) is 1. The monoisotopic (exact) mass is 530 g/mol. The summed E-state index contributed by atoms with van der Waals surface area (Å²) < 4.78 is 7.59. The van der Waals surface area contributed by atoms with Crippen molar-refractivity contribution in [3.63, 3.8) is 0 Å². The SMILES string of the molecule is CCC(C)(C)n1nnnc1C(c1cc2cccc(C)c2[nH]c1=O)N(Cc1ccc(Cl)cc1)Cc1ccco1. The van der Waals surface area contributed by atoms with Gasteiger partial charge in [0, 0.05) is 17.1 Å². The Morgan fingerprint density at radius 3 is 2.61 bits per heavy atom. The van der Waals surface area contributed by atoms with E-state index in [1.54, 1.807) is 6.26 Å². The van der Waals surface area contributed by atoms with Crippen LogP contribution in [0.3, 0.4) is 0 Å². The second kappa shape index (κ2) is 10.6. The number of aromatic nitrogens is 5. The zero-order valence-corrected chi connectivity index (χ0v) is 22.7. The Morgan fingerprint density at radius 2 is 1.89 bits per heavy atom. The van der Waals surface area contributed by atoms with Crippen LogP contribution in [0.2, 0.25) is 5.02 Å². The number of benzene rings is 2. The number of hydrogen-bond donors (Lipinski definition) is 1. The van der Waals surface area contributed by atoms with Crippen LogP contribution in [0.1, 0.15) is 61.5 Å². The molecule has 5 rings (SSSR count). The molecule has 2 aromatic carbocycles. The summed E-state index contributed by atoms with van der Waals surface area (Å²) in [6.07, 6.45) is 2.46. The highest BCUT2D eigenvalue weighted by atomic mass is 35.5. The first kappa shape index (κ1) is 25.9. The minimum absolute atomic E-state index is 0.179. The largest absolute Gasteiger partial charge is 0.468 e. The number of para-hydroxylation sites is 1. The molecule has 0 bridgehead atoms. The van der Waals surface area contributed by atoms with Crippen molar-refractivity contribution in [3.05, 3.63) is 111 Å². The fourth-order valence-electron chi connectivity index (χ4n) is 4.71. The molecule has 0 aliphatic heterocycles. The second-order valence-corrected chi connectivity index (χ2v) is 10.7. The molecule has 0 radical (unpaired) electrons. The molecule has 9 heteroatoms. The van der Waals surface area contributed by atoms with Crippen LogP contribution in [0.15, 0.2) is 76.1 Å². The van der Waals surface area contributed by atoms with Crippen molar-refractivity contribution in [2.24, 2.45) is 0 Å². The van der Waals surface area contributed by atoms with Crippen LogP contribution in [0.4, 0.5) is 0 Å². The van der Waals surface area contributed by atoms with E-state index in [2.05, 4.69) is 46.2 Å².